The number of aryl methyl sites for hydroxylation is 1. The number of nitrogens with zero attached hydrogens (tertiary/aromatic N) is 6. The van der Waals surface area contributed by atoms with Crippen LogP contribution in [0, 0.1) is 6.92 Å². The van der Waals surface area contributed by atoms with Gasteiger partial charge in [0.2, 0.25) is 11.5 Å². The molecule has 13 nitrogen and oxygen atoms in total. The van der Waals surface area contributed by atoms with E-state index in [2.05, 4.69) is 25.3 Å². The Labute approximate surface area is 217 Å². The second-order valence-corrected chi connectivity index (χ2v) is 11.7. The number of rotatable bonds is 5. The van der Waals surface area contributed by atoms with Gasteiger partial charge in [0.1, 0.15) is 6.26 Å². The van der Waals surface area contributed by atoms with Crippen LogP contribution >= 0.6 is 0 Å². The van der Waals surface area contributed by atoms with Crippen LogP contribution in [0.1, 0.15) is 22.6 Å². The molecule has 4 aromatic heterocycles. The fraction of sp³-hybridized carbons (Fsp3) is 0.375. The molecule has 2 saturated heterocycles. The van der Waals surface area contributed by atoms with Crippen molar-refractivity contribution in [2.24, 2.45) is 0 Å². The maximum absolute atomic E-state index is 13.2. The van der Waals surface area contributed by atoms with E-state index in [1.807, 2.05) is 11.8 Å². The van der Waals surface area contributed by atoms with Crippen LogP contribution < -0.4 is 15.1 Å². The lowest BCUT2D eigenvalue weighted by Crippen LogP contribution is -2.40. The molecule has 0 saturated carbocycles. The summed E-state index contributed by atoms with van der Waals surface area (Å²) in [4.78, 5) is 34.4. The number of amides is 1. The van der Waals surface area contributed by atoms with Gasteiger partial charge in [0.25, 0.3) is 11.9 Å². The highest BCUT2D eigenvalue weighted by molar-refractivity contribution is 7.91. The number of aliphatic hydroxyl groups excluding tert-OH is 1. The summed E-state index contributed by atoms with van der Waals surface area (Å²) >= 11 is 0. The molecular weight excluding hydrogens is 514 g/mol. The molecule has 1 amide bonds. The summed E-state index contributed by atoms with van der Waals surface area (Å²) in [5, 5.41) is 12.9. The number of nitrogens with one attached hydrogen (secondary N) is 1. The molecule has 0 spiro atoms. The molecule has 14 heteroatoms. The number of carbonyl (C=O) groups excluding carboxylic acids is 1. The second-order valence-electron chi connectivity index (χ2n) is 9.38. The smallest absolute Gasteiger partial charge is 0.300 e. The molecule has 2 aliphatic rings. The highest BCUT2D eigenvalue weighted by Gasteiger charge is 2.29. The number of β-amino-alcohol motifs (C(OH)–C–C–N with tert-alkyl or cyclic N) is 1. The van der Waals surface area contributed by atoms with Crippen LogP contribution in [0.5, 0.6) is 0 Å². The van der Waals surface area contributed by atoms with Crippen LogP contribution in [-0.2, 0) is 9.84 Å². The summed E-state index contributed by atoms with van der Waals surface area (Å²) < 4.78 is 35.1. The zero-order valence-electron chi connectivity index (χ0n) is 20.5. The van der Waals surface area contributed by atoms with E-state index in [0.29, 0.717) is 53.7 Å². The van der Waals surface area contributed by atoms with E-state index in [1.165, 1.54) is 6.26 Å². The fourth-order valence-corrected chi connectivity index (χ4v) is 5.73. The molecule has 6 rings (SSSR count). The molecule has 1 atom stereocenters. The topological polar surface area (TPSA) is 168 Å². The van der Waals surface area contributed by atoms with Crippen LogP contribution in [0.25, 0.3) is 22.7 Å². The average molecular weight is 540 g/mol. The summed E-state index contributed by atoms with van der Waals surface area (Å²) in [5.41, 5.74) is 2.59. The van der Waals surface area contributed by atoms with Crippen molar-refractivity contribution in [1.29, 1.82) is 0 Å². The van der Waals surface area contributed by atoms with Crippen molar-refractivity contribution >= 4 is 44.5 Å². The van der Waals surface area contributed by atoms with Gasteiger partial charge in [-0.15, -0.1) is 0 Å². The van der Waals surface area contributed by atoms with Gasteiger partial charge < -0.3 is 29.1 Å². The molecule has 0 aliphatic carbocycles. The van der Waals surface area contributed by atoms with Gasteiger partial charge in [-0.3, -0.25) is 9.78 Å². The number of pyridine rings is 2. The first-order valence-corrected chi connectivity index (χ1v) is 14.0. The molecule has 2 fully saturated rings. The lowest BCUT2D eigenvalue weighted by molar-refractivity contribution is 0.102. The first-order valence-electron chi connectivity index (χ1n) is 12.1. The number of fused-ring (bicyclic) bond motifs is 1. The Morgan fingerprint density at radius 2 is 1.95 bits per heavy atom. The van der Waals surface area contributed by atoms with Crippen molar-refractivity contribution in [1.82, 2.24) is 19.9 Å². The van der Waals surface area contributed by atoms with E-state index in [0.717, 1.165) is 5.69 Å². The molecule has 2 aliphatic heterocycles. The van der Waals surface area contributed by atoms with Gasteiger partial charge in [0.15, 0.2) is 26.9 Å². The zero-order chi connectivity index (χ0) is 26.4. The Morgan fingerprint density at radius 3 is 2.68 bits per heavy atom. The number of aromatic nitrogens is 4. The number of aliphatic hydroxyl groups is 1. The third-order valence-corrected chi connectivity index (χ3v) is 8.17. The molecule has 6 heterocycles. The lowest BCUT2D eigenvalue weighted by atomic mass is 10.2. The molecule has 0 radical (unpaired) electrons. The Bertz CT molecular complexity index is 1620. The first kappa shape index (κ1) is 24.3. The monoisotopic (exact) mass is 539 g/mol. The maximum atomic E-state index is 13.2. The standard InChI is InChI=1S/C24H25N7O6S/c1-14-10-15(2-4-25-14)23-27-18(13-36-23)22(33)26-17-11-19-20(28-21(17)31-5-3-16(32)12-31)29-24(37-19)30-6-8-38(34,35)9-7-30/h2,4,10-11,13,16,32H,3,5-9,12H2,1H3,(H,26,33). The molecule has 38 heavy (non-hydrogen) atoms. The molecule has 2 N–H and O–H groups in total. The van der Waals surface area contributed by atoms with Gasteiger partial charge in [0, 0.05) is 49.7 Å². The summed E-state index contributed by atoms with van der Waals surface area (Å²) in [6.07, 6.45) is 2.97. The van der Waals surface area contributed by atoms with E-state index in [1.54, 1.807) is 29.3 Å². The Morgan fingerprint density at radius 1 is 1.13 bits per heavy atom. The quantitative estimate of drug-likeness (QED) is 0.377. The Hall–Kier alpha value is -4.04. The summed E-state index contributed by atoms with van der Waals surface area (Å²) in [5.74, 6) is 0.276. The number of carbonyl (C=O) groups is 1. The van der Waals surface area contributed by atoms with E-state index >= 15 is 0 Å². The summed E-state index contributed by atoms with van der Waals surface area (Å²) in [7, 11) is -3.06. The normalized spacial score (nSPS) is 19.3. The summed E-state index contributed by atoms with van der Waals surface area (Å²) in [6, 6.07) is 5.45. The van der Waals surface area contributed by atoms with Crippen molar-refractivity contribution in [3.8, 4) is 11.5 Å². The summed E-state index contributed by atoms with van der Waals surface area (Å²) in [6.45, 7) is 3.30. The zero-order valence-corrected chi connectivity index (χ0v) is 21.3. The van der Waals surface area contributed by atoms with Crippen LogP contribution in [0.4, 0.5) is 17.5 Å². The Balaban J connectivity index is 1.31. The van der Waals surface area contributed by atoms with E-state index < -0.39 is 21.8 Å². The van der Waals surface area contributed by atoms with Crippen molar-refractivity contribution in [3.63, 3.8) is 0 Å². The minimum Gasteiger partial charge on any atom is -0.444 e. The van der Waals surface area contributed by atoms with Crippen LogP contribution in [0.3, 0.4) is 0 Å². The highest BCUT2D eigenvalue weighted by Crippen LogP contribution is 2.33. The predicted octanol–water partition coefficient (Wildman–Crippen LogP) is 1.64. The molecule has 0 aromatic carbocycles. The molecule has 0 bridgehead atoms. The fourth-order valence-electron chi connectivity index (χ4n) is 4.52. The molecule has 198 valence electrons. The Kier molecular flexibility index (Phi) is 5.99. The van der Waals surface area contributed by atoms with Crippen LogP contribution in [0.15, 0.2) is 39.5 Å². The highest BCUT2D eigenvalue weighted by atomic mass is 32.2. The second kappa shape index (κ2) is 9.36. The number of anilines is 3. The van der Waals surface area contributed by atoms with Crippen molar-refractivity contribution in [3.05, 3.63) is 42.0 Å². The van der Waals surface area contributed by atoms with Crippen LogP contribution in [0.2, 0.25) is 0 Å². The SMILES string of the molecule is Cc1cc(-c2nc(C(=O)Nc3cc4oc(N5CCS(=O)(=O)CC5)nc4nc3N3CCC(O)C3)co2)ccn1. The minimum absolute atomic E-state index is 0.0239. The predicted molar refractivity (Wildman–Crippen MR) is 138 cm³/mol. The van der Waals surface area contributed by atoms with Crippen LogP contribution in [-0.4, -0.2) is 83.2 Å². The number of hydrogen-bond donors (Lipinski definition) is 2. The average Bonchev–Trinajstić information content (AvgIpc) is 3.63. The number of hydrogen-bond acceptors (Lipinski definition) is 12. The number of oxazole rings is 2. The van der Waals surface area contributed by atoms with E-state index in [-0.39, 0.29) is 36.3 Å². The van der Waals surface area contributed by atoms with Gasteiger partial charge in [0.05, 0.1) is 23.3 Å². The number of sulfone groups is 1. The van der Waals surface area contributed by atoms with Gasteiger partial charge in [-0.25, -0.2) is 18.4 Å². The van der Waals surface area contributed by atoms with Gasteiger partial charge in [-0.1, -0.05) is 0 Å². The van der Waals surface area contributed by atoms with Crippen molar-refractivity contribution in [2.75, 3.05) is 52.8 Å². The molecule has 4 aromatic rings. The van der Waals surface area contributed by atoms with Crippen molar-refractivity contribution < 1.29 is 27.2 Å². The third-order valence-electron chi connectivity index (χ3n) is 6.56. The third kappa shape index (κ3) is 4.79. The first-order chi connectivity index (χ1) is 18.2. The minimum atomic E-state index is -3.06. The maximum Gasteiger partial charge on any atom is 0.300 e. The van der Waals surface area contributed by atoms with Gasteiger partial charge in [-0.05, 0) is 25.5 Å². The molecular formula is C24H25N7O6S. The van der Waals surface area contributed by atoms with Crippen molar-refractivity contribution in [2.45, 2.75) is 19.4 Å². The van der Waals surface area contributed by atoms with E-state index in [9.17, 15) is 18.3 Å². The van der Waals surface area contributed by atoms with Gasteiger partial charge in [-0.2, -0.15) is 4.98 Å². The largest absolute Gasteiger partial charge is 0.444 e. The molecule has 1 unspecified atom stereocenters. The van der Waals surface area contributed by atoms with Gasteiger partial charge >= 0.3 is 0 Å². The lowest BCUT2D eigenvalue weighted by Gasteiger charge is -2.24. The van der Waals surface area contributed by atoms with E-state index in [4.69, 9.17) is 8.83 Å².